The van der Waals surface area contributed by atoms with Crippen LogP contribution in [0.1, 0.15) is 5.56 Å². The van der Waals surface area contributed by atoms with Gasteiger partial charge in [-0.25, -0.2) is 0 Å². The number of allylic oxidation sites excluding steroid dienone is 2. The molecule has 0 radical (unpaired) electrons. The molecule has 9 aromatic carbocycles. The average molecular weight is 676 g/mol. The third-order valence-corrected chi connectivity index (χ3v) is 10.2. The van der Waals surface area contributed by atoms with Gasteiger partial charge in [-0.3, -0.25) is 0 Å². The molecule has 0 fully saturated rings. The minimum atomic E-state index is 1.09. The molecule has 0 saturated carbocycles. The summed E-state index contributed by atoms with van der Waals surface area (Å²) in [6.07, 6.45) is 5.96. The van der Waals surface area contributed by atoms with Gasteiger partial charge in [0, 0.05) is 17.1 Å². The first-order valence-electron chi connectivity index (χ1n) is 18.1. The average Bonchev–Trinajstić information content (AvgIpc) is 3.23. The molecule has 1 nitrogen and oxygen atoms in total. The van der Waals surface area contributed by atoms with E-state index in [1.165, 1.54) is 65.7 Å². The molecule has 0 aromatic heterocycles. The Hall–Kier alpha value is -6.96. The van der Waals surface area contributed by atoms with E-state index in [-0.39, 0.29) is 0 Å². The summed E-state index contributed by atoms with van der Waals surface area (Å²) in [7, 11) is 0. The number of nitrogens with zero attached hydrogens (tertiary/aromatic N) is 1. The van der Waals surface area contributed by atoms with Crippen LogP contribution in [-0.2, 0) is 0 Å². The maximum atomic E-state index is 3.90. The monoisotopic (exact) mass is 675 g/mol. The highest BCUT2D eigenvalue weighted by atomic mass is 15.1. The summed E-state index contributed by atoms with van der Waals surface area (Å²) >= 11 is 0. The molecule has 0 spiro atoms. The van der Waals surface area contributed by atoms with Gasteiger partial charge in [0.1, 0.15) is 0 Å². The van der Waals surface area contributed by atoms with Crippen molar-refractivity contribution in [3.63, 3.8) is 0 Å². The number of fused-ring (bicyclic) bond motifs is 4. The van der Waals surface area contributed by atoms with Crippen molar-refractivity contribution in [3.05, 3.63) is 218 Å². The molecule has 0 saturated heterocycles. The minimum Gasteiger partial charge on any atom is -0.310 e. The summed E-state index contributed by atoms with van der Waals surface area (Å²) < 4.78 is 0. The molecule has 0 aliphatic heterocycles. The topological polar surface area (TPSA) is 3.24 Å². The lowest BCUT2D eigenvalue weighted by molar-refractivity contribution is 1.29. The summed E-state index contributed by atoms with van der Waals surface area (Å²) in [6, 6.07) is 70.3. The second-order valence-electron chi connectivity index (χ2n) is 13.4. The fraction of sp³-hybridized carbons (Fsp3) is 0. The van der Waals surface area contributed by atoms with E-state index in [0.717, 1.165) is 22.6 Å². The van der Waals surface area contributed by atoms with Gasteiger partial charge in [0.15, 0.2) is 0 Å². The van der Waals surface area contributed by atoms with Gasteiger partial charge in [0.2, 0.25) is 0 Å². The Balaban J connectivity index is 1.25. The van der Waals surface area contributed by atoms with Crippen LogP contribution in [0.5, 0.6) is 0 Å². The predicted octanol–water partition coefficient (Wildman–Crippen LogP) is 14.8. The molecular formula is C52H37N. The molecule has 0 N–H and O–H groups in total. The largest absolute Gasteiger partial charge is 0.310 e. The van der Waals surface area contributed by atoms with Crippen molar-refractivity contribution >= 4 is 55.5 Å². The van der Waals surface area contributed by atoms with Gasteiger partial charge >= 0.3 is 0 Å². The lowest BCUT2D eigenvalue weighted by atomic mass is 9.85. The second kappa shape index (κ2) is 14.0. The predicted molar refractivity (Wildman–Crippen MR) is 229 cm³/mol. The van der Waals surface area contributed by atoms with Gasteiger partial charge in [-0.2, -0.15) is 0 Å². The lowest BCUT2D eigenvalue weighted by Crippen LogP contribution is -2.10. The smallest absolute Gasteiger partial charge is 0.0468 e. The van der Waals surface area contributed by atoms with Crippen LogP contribution in [0.4, 0.5) is 17.1 Å². The van der Waals surface area contributed by atoms with E-state index in [1.807, 2.05) is 12.2 Å². The van der Waals surface area contributed by atoms with Crippen LogP contribution in [0.2, 0.25) is 0 Å². The number of hydrogen-bond donors (Lipinski definition) is 0. The maximum Gasteiger partial charge on any atom is 0.0468 e. The molecule has 53 heavy (non-hydrogen) atoms. The Morgan fingerprint density at radius 2 is 0.887 bits per heavy atom. The van der Waals surface area contributed by atoms with Crippen molar-refractivity contribution in [2.45, 2.75) is 0 Å². The second-order valence-corrected chi connectivity index (χ2v) is 13.4. The molecule has 0 amide bonds. The zero-order valence-electron chi connectivity index (χ0n) is 29.4. The van der Waals surface area contributed by atoms with Crippen molar-refractivity contribution in [1.29, 1.82) is 0 Å². The van der Waals surface area contributed by atoms with Crippen LogP contribution < -0.4 is 4.90 Å². The molecule has 250 valence electrons. The van der Waals surface area contributed by atoms with Crippen molar-refractivity contribution in [1.82, 2.24) is 0 Å². The van der Waals surface area contributed by atoms with E-state index in [0.29, 0.717) is 0 Å². The van der Waals surface area contributed by atoms with Gasteiger partial charge in [0.05, 0.1) is 0 Å². The maximum absolute atomic E-state index is 3.90. The highest BCUT2D eigenvalue weighted by Gasteiger charge is 2.19. The first-order chi connectivity index (χ1) is 26.3. The van der Waals surface area contributed by atoms with Crippen LogP contribution in [0.3, 0.4) is 0 Å². The van der Waals surface area contributed by atoms with Crippen LogP contribution in [0.15, 0.2) is 213 Å². The van der Waals surface area contributed by atoms with Crippen molar-refractivity contribution < 1.29 is 0 Å². The molecule has 0 atom stereocenters. The number of benzene rings is 9. The standard InChI is InChI=1S/C52H37N/c1-2-3-16-38-21-14-22-39-29-34-45(36-50(38)39)53(44-24-15-23-42(35-44)37-17-6-4-7-18-37)43-32-30-41(31-33-43)52-49-28-13-11-26-47(49)46-25-10-12-27-48(46)51(52)40-19-8-5-9-20-40/h2-36H,1H2/b16-3-. The molecule has 0 aliphatic carbocycles. The molecule has 0 unspecified atom stereocenters. The van der Waals surface area contributed by atoms with Gasteiger partial charge in [-0.15, -0.1) is 0 Å². The van der Waals surface area contributed by atoms with Gasteiger partial charge in [-0.1, -0.05) is 183 Å². The van der Waals surface area contributed by atoms with Crippen LogP contribution in [0, 0.1) is 0 Å². The lowest BCUT2D eigenvalue weighted by Gasteiger charge is -2.27. The first kappa shape index (κ1) is 32.0. The molecule has 0 bridgehead atoms. The molecule has 0 heterocycles. The summed E-state index contributed by atoms with van der Waals surface area (Å²) in [5.41, 5.74) is 11.7. The van der Waals surface area contributed by atoms with Crippen molar-refractivity contribution in [2.24, 2.45) is 0 Å². The third kappa shape index (κ3) is 5.99. The summed E-state index contributed by atoms with van der Waals surface area (Å²) in [5, 5.41) is 7.43. The Morgan fingerprint density at radius 1 is 0.358 bits per heavy atom. The van der Waals surface area contributed by atoms with E-state index in [4.69, 9.17) is 0 Å². The van der Waals surface area contributed by atoms with E-state index in [9.17, 15) is 0 Å². The highest BCUT2D eigenvalue weighted by molar-refractivity contribution is 6.21. The molecule has 9 aromatic rings. The summed E-state index contributed by atoms with van der Waals surface area (Å²) in [6.45, 7) is 3.90. The number of anilines is 3. The van der Waals surface area contributed by atoms with E-state index < -0.39 is 0 Å². The minimum absolute atomic E-state index is 1.09. The van der Waals surface area contributed by atoms with E-state index >= 15 is 0 Å². The molecular weight excluding hydrogens is 639 g/mol. The normalized spacial score (nSPS) is 11.4. The Kier molecular flexibility index (Phi) is 8.44. The molecule has 9 rings (SSSR count). The Morgan fingerprint density at radius 3 is 1.55 bits per heavy atom. The van der Waals surface area contributed by atoms with Gasteiger partial charge < -0.3 is 4.90 Å². The van der Waals surface area contributed by atoms with Crippen LogP contribution in [-0.4, -0.2) is 0 Å². The van der Waals surface area contributed by atoms with E-state index in [1.54, 1.807) is 0 Å². The molecule has 1 heteroatoms. The quantitative estimate of drug-likeness (QED) is 0.114. The van der Waals surface area contributed by atoms with Crippen molar-refractivity contribution in [3.8, 4) is 33.4 Å². The third-order valence-electron chi connectivity index (χ3n) is 10.2. The SMILES string of the molecule is C=C/C=C\c1cccc2ccc(N(c3ccc(-c4c(-c5ccccc5)c5ccccc5c5ccccc45)cc3)c3cccc(-c4ccccc4)c3)cc12. The van der Waals surface area contributed by atoms with Crippen LogP contribution >= 0.6 is 0 Å². The highest BCUT2D eigenvalue weighted by Crippen LogP contribution is 2.46. The zero-order chi connectivity index (χ0) is 35.6. The first-order valence-corrected chi connectivity index (χ1v) is 18.1. The van der Waals surface area contributed by atoms with Crippen LogP contribution in [0.25, 0.3) is 71.8 Å². The summed E-state index contributed by atoms with van der Waals surface area (Å²) in [4.78, 5) is 2.38. The van der Waals surface area contributed by atoms with Gasteiger partial charge in [-0.05, 0) is 108 Å². The van der Waals surface area contributed by atoms with Gasteiger partial charge in [0.25, 0.3) is 0 Å². The number of hydrogen-bond acceptors (Lipinski definition) is 1. The number of rotatable bonds is 8. The fourth-order valence-corrected chi connectivity index (χ4v) is 7.77. The van der Waals surface area contributed by atoms with E-state index in [2.05, 4.69) is 212 Å². The fourth-order valence-electron chi connectivity index (χ4n) is 7.77. The zero-order valence-corrected chi connectivity index (χ0v) is 29.4. The Bertz CT molecular complexity index is 2780. The summed E-state index contributed by atoms with van der Waals surface area (Å²) in [5.74, 6) is 0. The van der Waals surface area contributed by atoms with Crippen molar-refractivity contribution in [2.75, 3.05) is 4.90 Å². The molecule has 0 aliphatic rings. The Labute approximate surface area is 311 Å².